The number of benzene rings is 1. The molecule has 10 heteroatoms. The molecule has 3 heterocycles. The van der Waals surface area contributed by atoms with E-state index in [1.807, 2.05) is 12.1 Å². The van der Waals surface area contributed by atoms with Crippen LogP contribution in [0.2, 0.25) is 0 Å². The third kappa shape index (κ3) is 5.11. The molecular formula is C25H31N3O7. The Hall–Kier alpha value is -3.56. The van der Waals surface area contributed by atoms with E-state index in [0.29, 0.717) is 37.5 Å². The highest BCUT2D eigenvalue weighted by molar-refractivity contribution is 5.97. The fourth-order valence-electron chi connectivity index (χ4n) is 5.08. The van der Waals surface area contributed by atoms with Crippen molar-refractivity contribution in [3.05, 3.63) is 30.0 Å². The van der Waals surface area contributed by atoms with E-state index in [-0.39, 0.29) is 29.4 Å². The highest BCUT2D eigenvalue weighted by Crippen LogP contribution is 2.41. The van der Waals surface area contributed by atoms with Gasteiger partial charge in [0.25, 0.3) is 5.91 Å². The molecule has 2 saturated heterocycles. The smallest absolute Gasteiger partial charge is 0.328 e. The maximum Gasteiger partial charge on any atom is 0.328 e. The lowest BCUT2D eigenvalue weighted by atomic mass is 9.77. The largest absolute Gasteiger partial charge is 0.493 e. The molecule has 35 heavy (non-hydrogen) atoms. The minimum Gasteiger partial charge on any atom is -0.493 e. The first-order chi connectivity index (χ1) is 16.7. The molecule has 1 aromatic heterocycles. The normalized spacial score (nSPS) is 17.9. The van der Waals surface area contributed by atoms with Crippen molar-refractivity contribution in [1.29, 1.82) is 0 Å². The number of rotatable bonds is 6. The average molecular weight is 486 g/mol. The maximum atomic E-state index is 13.1. The van der Waals surface area contributed by atoms with E-state index in [1.165, 1.54) is 14.0 Å². The number of piperidine rings is 1. The molecule has 0 aliphatic carbocycles. The third-order valence-electron chi connectivity index (χ3n) is 7.08. The molecule has 4 rings (SSSR count). The van der Waals surface area contributed by atoms with Gasteiger partial charge in [0, 0.05) is 38.5 Å². The molecule has 1 N–H and O–H groups in total. The Balaban J connectivity index is 1.35. The van der Waals surface area contributed by atoms with E-state index in [0.717, 1.165) is 24.6 Å². The fraction of sp³-hybridized carbons (Fsp3) is 0.520. The SMILES string of the molecule is COC(=O)C(CC(=O)N1CCC2(CCN(C(=O)c3cc4cccc(OC)c4o3)CC2)C1)NC(C)=O. The monoisotopic (exact) mass is 485 g/mol. The van der Waals surface area contributed by atoms with Crippen molar-refractivity contribution < 1.29 is 33.1 Å². The molecule has 188 valence electrons. The Morgan fingerprint density at radius 1 is 1.09 bits per heavy atom. The summed E-state index contributed by atoms with van der Waals surface area (Å²) < 4.78 is 15.9. The van der Waals surface area contributed by atoms with Crippen LogP contribution in [0.3, 0.4) is 0 Å². The summed E-state index contributed by atoms with van der Waals surface area (Å²) >= 11 is 0. The van der Waals surface area contributed by atoms with Crippen molar-refractivity contribution in [2.24, 2.45) is 5.41 Å². The lowest BCUT2D eigenvalue weighted by Crippen LogP contribution is -2.46. The number of hydrogen-bond donors (Lipinski definition) is 1. The van der Waals surface area contributed by atoms with E-state index in [9.17, 15) is 19.2 Å². The number of para-hydroxylation sites is 1. The molecule has 10 nitrogen and oxygen atoms in total. The molecule has 1 unspecified atom stereocenters. The number of likely N-dealkylation sites (tertiary alicyclic amines) is 2. The van der Waals surface area contributed by atoms with Crippen LogP contribution in [-0.2, 0) is 19.1 Å². The molecule has 2 fully saturated rings. The van der Waals surface area contributed by atoms with Crippen molar-refractivity contribution in [2.45, 2.75) is 38.6 Å². The third-order valence-corrected chi connectivity index (χ3v) is 7.08. The van der Waals surface area contributed by atoms with Gasteiger partial charge in [-0.2, -0.15) is 0 Å². The van der Waals surface area contributed by atoms with Crippen molar-refractivity contribution in [3.63, 3.8) is 0 Å². The fourth-order valence-corrected chi connectivity index (χ4v) is 5.08. The van der Waals surface area contributed by atoms with Gasteiger partial charge < -0.3 is 29.0 Å². The van der Waals surface area contributed by atoms with Crippen molar-refractivity contribution >= 4 is 34.7 Å². The second-order valence-electron chi connectivity index (χ2n) is 9.33. The van der Waals surface area contributed by atoms with Crippen LogP contribution in [0.5, 0.6) is 5.75 Å². The summed E-state index contributed by atoms with van der Waals surface area (Å²) in [5.41, 5.74) is 0.500. The molecule has 2 aromatic rings. The van der Waals surface area contributed by atoms with E-state index in [4.69, 9.17) is 13.9 Å². The zero-order valence-corrected chi connectivity index (χ0v) is 20.3. The molecule has 2 aliphatic heterocycles. The van der Waals surface area contributed by atoms with Gasteiger partial charge in [-0.3, -0.25) is 14.4 Å². The van der Waals surface area contributed by atoms with Crippen LogP contribution < -0.4 is 10.1 Å². The molecule has 0 bridgehead atoms. The summed E-state index contributed by atoms with van der Waals surface area (Å²) in [5, 5.41) is 3.30. The predicted molar refractivity (Wildman–Crippen MR) is 126 cm³/mol. The number of ether oxygens (including phenoxy) is 2. The number of methoxy groups -OCH3 is 2. The van der Waals surface area contributed by atoms with Gasteiger partial charge in [0.1, 0.15) is 6.04 Å². The minimum absolute atomic E-state index is 0.0572. The van der Waals surface area contributed by atoms with Gasteiger partial charge in [-0.15, -0.1) is 0 Å². The topological polar surface area (TPSA) is 118 Å². The summed E-state index contributed by atoms with van der Waals surface area (Å²) in [7, 11) is 2.79. The molecule has 0 radical (unpaired) electrons. The lowest BCUT2D eigenvalue weighted by Gasteiger charge is -2.39. The zero-order chi connectivity index (χ0) is 25.2. The van der Waals surface area contributed by atoms with Crippen LogP contribution in [0.4, 0.5) is 0 Å². The first-order valence-corrected chi connectivity index (χ1v) is 11.7. The number of furan rings is 1. The predicted octanol–water partition coefficient (Wildman–Crippen LogP) is 1.96. The Kier molecular flexibility index (Phi) is 7.00. The maximum absolute atomic E-state index is 13.1. The van der Waals surface area contributed by atoms with E-state index in [2.05, 4.69) is 5.32 Å². The number of nitrogens with zero attached hydrogens (tertiary/aromatic N) is 2. The highest BCUT2D eigenvalue weighted by atomic mass is 16.5. The van der Waals surface area contributed by atoms with E-state index < -0.39 is 17.9 Å². The average Bonchev–Trinajstić information content (AvgIpc) is 3.47. The molecule has 1 aromatic carbocycles. The number of hydrogen-bond acceptors (Lipinski definition) is 7. The number of fused-ring (bicyclic) bond motifs is 1. The van der Waals surface area contributed by atoms with Crippen LogP contribution in [0.15, 0.2) is 28.7 Å². The number of amides is 3. The summed E-state index contributed by atoms with van der Waals surface area (Å²) in [6.45, 7) is 3.60. The highest BCUT2D eigenvalue weighted by Gasteiger charge is 2.43. The summed E-state index contributed by atoms with van der Waals surface area (Å²) in [6.07, 6.45) is 2.25. The van der Waals surface area contributed by atoms with Crippen LogP contribution in [0, 0.1) is 5.41 Å². The Bertz CT molecular complexity index is 1130. The summed E-state index contributed by atoms with van der Waals surface area (Å²) in [6, 6.07) is 6.27. The molecular weight excluding hydrogens is 454 g/mol. The molecule has 1 atom stereocenters. The first kappa shape index (κ1) is 24.6. The van der Waals surface area contributed by atoms with Gasteiger partial charge in [-0.1, -0.05) is 12.1 Å². The molecule has 3 amide bonds. The Morgan fingerprint density at radius 3 is 2.40 bits per heavy atom. The van der Waals surface area contributed by atoms with Crippen LogP contribution in [0.25, 0.3) is 11.0 Å². The van der Waals surface area contributed by atoms with Crippen LogP contribution in [-0.4, -0.2) is 79.9 Å². The Morgan fingerprint density at radius 2 is 1.77 bits per heavy atom. The lowest BCUT2D eigenvalue weighted by molar-refractivity contribution is -0.147. The van der Waals surface area contributed by atoms with Crippen molar-refractivity contribution in [1.82, 2.24) is 15.1 Å². The van der Waals surface area contributed by atoms with E-state index in [1.54, 1.807) is 29.0 Å². The van der Waals surface area contributed by atoms with Gasteiger partial charge in [0.2, 0.25) is 11.8 Å². The van der Waals surface area contributed by atoms with Gasteiger partial charge in [-0.25, -0.2) is 4.79 Å². The zero-order valence-electron chi connectivity index (χ0n) is 20.3. The number of esters is 1. The van der Waals surface area contributed by atoms with Gasteiger partial charge in [-0.05, 0) is 36.8 Å². The molecule has 2 aliphatic rings. The van der Waals surface area contributed by atoms with Crippen molar-refractivity contribution in [3.8, 4) is 5.75 Å². The van der Waals surface area contributed by atoms with Gasteiger partial charge >= 0.3 is 5.97 Å². The van der Waals surface area contributed by atoms with Crippen LogP contribution in [0.1, 0.15) is 43.2 Å². The number of carbonyl (C=O) groups excluding carboxylic acids is 4. The first-order valence-electron chi connectivity index (χ1n) is 11.7. The van der Waals surface area contributed by atoms with Crippen molar-refractivity contribution in [2.75, 3.05) is 40.4 Å². The molecule has 0 saturated carbocycles. The number of carbonyl (C=O) groups is 4. The second-order valence-corrected chi connectivity index (χ2v) is 9.33. The quantitative estimate of drug-likeness (QED) is 0.622. The van der Waals surface area contributed by atoms with E-state index >= 15 is 0 Å². The van der Waals surface area contributed by atoms with Crippen LogP contribution >= 0.6 is 0 Å². The second kappa shape index (κ2) is 9.97. The minimum atomic E-state index is -0.997. The summed E-state index contributed by atoms with van der Waals surface area (Å²) in [4.78, 5) is 52.8. The van der Waals surface area contributed by atoms with Gasteiger partial charge in [0.15, 0.2) is 17.1 Å². The summed E-state index contributed by atoms with van der Waals surface area (Å²) in [5.74, 6) is -0.511. The Labute approximate surface area is 203 Å². The molecule has 1 spiro atoms. The number of nitrogens with one attached hydrogen (secondary N) is 1. The van der Waals surface area contributed by atoms with Gasteiger partial charge in [0.05, 0.1) is 20.6 Å². The standard InChI is InChI=1S/C25H31N3O7/c1-16(29)26-18(24(32)34-3)14-21(30)28-12-9-25(15-28)7-10-27(11-8-25)23(31)20-13-17-5-4-6-19(33-2)22(17)35-20/h4-6,13,18H,7-12,14-15H2,1-3H3,(H,26,29).